The third-order valence-corrected chi connectivity index (χ3v) is 7.94. The van der Waals surface area contributed by atoms with Gasteiger partial charge in [0.25, 0.3) is 11.8 Å². The Morgan fingerprint density at radius 1 is 1.11 bits per heavy atom. The highest BCUT2D eigenvalue weighted by Gasteiger charge is 2.24. The second kappa shape index (κ2) is 10.3. The molecule has 13 heteroatoms. The first-order chi connectivity index (χ1) is 18.2. The number of nitrogens with one attached hydrogen (secondary N) is 1. The van der Waals surface area contributed by atoms with E-state index in [-0.39, 0.29) is 11.8 Å². The number of hydrogen-bond donors (Lipinski definition) is 2. The molecule has 198 valence electrons. The van der Waals surface area contributed by atoms with Gasteiger partial charge in [0.05, 0.1) is 34.1 Å². The van der Waals surface area contributed by atoms with E-state index in [1.165, 1.54) is 17.5 Å². The van der Waals surface area contributed by atoms with Crippen molar-refractivity contribution in [2.75, 3.05) is 39.3 Å². The summed E-state index contributed by atoms with van der Waals surface area (Å²) < 4.78 is 3.38. The van der Waals surface area contributed by atoms with Crippen LogP contribution in [0.5, 0.6) is 0 Å². The second-order valence-electron chi connectivity index (χ2n) is 9.28. The number of carbonyl (C=O) groups excluding carboxylic acids is 3. The van der Waals surface area contributed by atoms with Gasteiger partial charge in [-0.1, -0.05) is 0 Å². The Hall–Kier alpha value is -4.10. The fourth-order valence-electron chi connectivity index (χ4n) is 4.59. The molecule has 3 amide bonds. The van der Waals surface area contributed by atoms with Crippen LogP contribution in [0.3, 0.4) is 0 Å². The summed E-state index contributed by atoms with van der Waals surface area (Å²) in [6, 6.07) is 1.80. The zero-order valence-corrected chi connectivity index (χ0v) is 22.3. The standard InChI is InChI=1S/C25H29N9O3S/c1-15-19(10-17(11-28-15)24(37)27-4-5-32-6-8-33(9-7-32)16(2)35)21-22(18-12-29-31(3)14-18)38-25-20(23(26)36)13-30-34(21)25/h10-14H,4-9H2,1-3H3,(H2,26,36)(H,27,37). The minimum absolute atomic E-state index is 0.0937. The van der Waals surface area contributed by atoms with E-state index in [1.54, 1.807) is 34.6 Å². The SMILES string of the molecule is CC(=O)N1CCN(CCNC(=O)c2cnc(C)c(-c3c(-c4cnn(C)c4)sc4c(C(N)=O)cnn34)c2)CC1. The maximum atomic E-state index is 13.1. The van der Waals surface area contributed by atoms with E-state index >= 15 is 0 Å². The van der Waals surface area contributed by atoms with Crippen molar-refractivity contribution < 1.29 is 14.4 Å². The van der Waals surface area contributed by atoms with Crippen LogP contribution in [0.15, 0.2) is 30.9 Å². The normalized spacial score (nSPS) is 14.2. The second-order valence-corrected chi connectivity index (χ2v) is 10.3. The van der Waals surface area contributed by atoms with Gasteiger partial charge in [-0.3, -0.25) is 28.9 Å². The summed E-state index contributed by atoms with van der Waals surface area (Å²) in [5, 5.41) is 11.7. The number of thiazole rings is 1. The number of fused-ring (bicyclic) bond motifs is 1. The Labute approximate surface area is 223 Å². The third-order valence-electron chi connectivity index (χ3n) is 6.72. The number of hydrogen-bond acceptors (Lipinski definition) is 8. The molecule has 1 aliphatic heterocycles. The molecular formula is C25H29N9O3S. The highest BCUT2D eigenvalue weighted by atomic mass is 32.1. The van der Waals surface area contributed by atoms with Crippen LogP contribution in [0.25, 0.3) is 26.5 Å². The van der Waals surface area contributed by atoms with E-state index in [1.807, 2.05) is 25.1 Å². The van der Waals surface area contributed by atoms with Crippen LogP contribution in [-0.2, 0) is 11.8 Å². The molecule has 4 aromatic rings. The summed E-state index contributed by atoms with van der Waals surface area (Å²) in [6.45, 7) is 7.61. The molecule has 5 heterocycles. The predicted molar refractivity (Wildman–Crippen MR) is 143 cm³/mol. The fraction of sp³-hybridized carbons (Fsp3) is 0.360. The lowest BCUT2D eigenvalue weighted by molar-refractivity contribution is -0.130. The zero-order valence-electron chi connectivity index (χ0n) is 21.5. The van der Waals surface area contributed by atoms with E-state index in [2.05, 4.69) is 25.4 Å². The largest absolute Gasteiger partial charge is 0.365 e. The first kappa shape index (κ1) is 25.5. The Bertz CT molecular complexity index is 1530. The van der Waals surface area contributed by atoms with Gasteiger partial charge in [0.2, 0.25) is 5.91 Å². The number of pyridine rings is 1. The first-order valence-electron chi connectivity index (χ1n) is 12.3. The van der Waals surface area contributed by atoms with Crippen molar-refractivity contribution in [3.05, 3.63) is 47.7 Å². The molecule has 0 saturated carbocycles. The van der Waals surface area contributed by atoms with Crippen molar-refractivity contribution in [2.24, 2.45) is 12.8 Å². The van der Waals surface area contributed by atoms with Gasteiger partial charge in [0.1, 0.15) is 4.83 Å². The van der Waals surface area contributed by atoms with Crippen LogP contribution in [0.4, 0.5) is 0 Å². The number of nitrogens with two attached hydrogens (primary N) is 1. The lowest BCUT2D eigenvalue weighted by atomic mass is 10.0. The summed E-state index contributed by atoms with van der Waals surface area (Å²) in [5.41, 5.74) is 9.35. The molecule has 0 radical (unpaired) electrons. The van der Waals surface area contributed by atoms with Crippen LogP contribution < -0.4 is 11.1 Å². The topological polar surface area (TPSA) is 144 Å². The maximum absolute atomic E-state index is 13.1. The Kier molecular flexibility index (Phi) is 6.95. The van der Waals surface area contributed by atoms with E-state index in [4.69, 9.17) is 5.73 Å². The first-order valence-corrected chi connectivity index (χ1v) is 13.1. The lowest BCUT2D eigenvalue weighted by Gasteiger charge is -2.34. The van der Waals surface area contributed by atoms with Crippen molar-refractivity contribution in [1.29, 1.82) is 0 Å². The average Bonchev–Trinajstić information content (AvgIpc) is 3.59. The van der Waals surface area contributed by atoms with Crippen molar-refractivity contribution in [3.63, 3.8) is 0 Å². The molecule has 3 N–H and O–H groups in total. The minimum Gasteiger partial charge on any atom is -0.365 e. The summed E-state index contributed by atoms with van der Waals surface area (Å²) in [5.74, 6) is -0.693. The van der Waals surface area contributed by atoms with Crippen molar-refractivity contribution in [3.8, 4) is 21.7 Å². The van der Waals surface area contributed by atoms with Gasteiger partial charge in [-0.05, 0) is 13.0 Å². The molecule has 0 bridgehead atoms. The molecule has 0 unspecified atom stereocenters. The number of rotatable bonds is 7. The molecule has 4 aromatic heterocycles. The molecule has 0 atom stereocenters. The van der Waals surface area contributed by atoms with Gasteiger partial charge in [-0.15, -0.1) is 11.3 Å². The summed E-state index contributed by atoms with van der Waals surface area (Å²) in [6.07, 6.45) is 6.65. The smallest absolute Gasteiger partial charge is 0.253 e. The number of piperazine rings is 1. The molecule has 1 aliphatic rings. The number of carbonyl (C=O) groups is 3. The number of nitrogens with zero attached hydrogens (tertiary/aromatic N) is 7. The molecule has 38 heavy (non-hydrogen) atoms. The average molecular weight is 536 g/mol. The molecule has 1 saturated heterocycles. The molecule has 12 nitrogen and oxygen atoms in total. The van der Waals surface area contributed by atoms with Gasteiger partial charge in [0.15, 0.2) is 0 Å². The molecule has 0 aromatic carbocycles. The zero-order chi connectivity index (χ0) is 27.0. The minimum atomic E-state index is -0.559. The molecular weight excluding hydrogens is 506 g/mol. The predicted octanol–water partition coefficient (Wildman–Crippen LogP) is 1.16. The van der Waals surface area contributed by atoms with Gasteiger partial charge < -0.3 is 16.0 Å². The van der Waals surface area contributed by atoms with Crippen LogP contribution >= 0.6 is 11.3 Å². The highest BCUT2D eigenvalue weighted by Crippen LogP contribution is 2.41. The van der Waals surface area contributed by atoms with Crippen molar-refractivity contribution >= 4 is 33.9 Å². The monoisotopic (exact) mass is 535 g/mol. The molecule has 5 rings (SSSR count). The molecule has 0 aliphatic carbocycles. The fourth-order valence-corrected chi connectivity index (χ4v) is 5.79. The highest BCUT2D eigenvalue weighted by molar-refractivity contribution is 7.21. The Morgan fingerprint density at radius 2 is 1.87 bits per heavy atom. The number of amides is 3. The summed E-state index contributed by atoms with van der Waals surface area (Å²) >= 11 is 1.39. The molecule has 0 spiro atoms. The van der Waals surface area contributed by atoms with Crippen LogP contribution in [0.1, 0.15) is 33.3 Å². The summed E-state index contributed by atoms with van der Waals surface area (Å²) in [4.78, 5) is 46.6. The Morgan fingerprint density at radius 3 is 2.53 bits per heavy atom. The van der Waals surface area contributed by atoms with E-state index in [0.29, 0.717) is 53.5 Å². The molecule has 1 fully saturated rings. The van der Waals surface area contributed by atoms with E-state index in [9.17, 15) is 14.4 Å². The lowest BCUT2D eigenvalue weighted by Crippen LogP contribution is -2.49. The van der Waals surface area contributed by atoms with Gasteiger partial charge in [-0.2, -0.15) is 10.2 Å². The Balaban J connectivity index is 1.40. The third kappa shape index (κ3) is 4.89. The number of aromatic nitrogens is 5. The quantitative estimate of drug-likeness (QED) is 0.361. The van der Waals surface area contributed by atoms with Crippen molar-refractivity contribution in [1.82, 2.24) is 39.5 Å². The van der Waals surface area contributed by atoms with Crippen LogP contribution in [0.2, 0.25) is 0 Å². The van der Waals surface area contributed by atoms with Crippen LogP contribution in [-0.4, -0.2) is 91.2 Å². The van der Waals surface area contributed by atoms with Gasteiger partial charge >= 0.3 is 0 Å². The maximum Gasteiger partial charge on any atom is 0.253 e. The van der Waals surface area contributed by atoms with E-state index in [0.717, 1.165) is 29.1 Å². The van der Waals surface area contributed by atoms with E-state index < -0.39 is 5.91 Å². The number of aryl methyl sites for hydroxylation is 2. The summed E-state index contributed by atoms with van der Waals surface area (Å²) in [7, 11) is 1.83. The van der Waals surface area contributed by atoms with Gasteiger partial charge in [-0.25, -0.2) is 4.52 Å². The number of primary amides is 1. The van der Waals surface area contributed by atoms with Gasteiger partial charge in [0, 0.05) is 82.5 Å². The van der Waals surface area contributed by atoms with Crippen LogP contribution in [0, 0.1) is 6.92 Å². The van der Waals surface area contributed by atoms with Crippen molar-refractivity contribution in [2.45, 2.75) is 13.8 Å².